The summed E-state index contributed by atoms with van der Waals surface area (Å²) in [5.41, 5.74) is 8.88. The third-order valence-electron chi connectivity index (χ3n) is 6.36. The van der Waals surface area contributed by atoms with Crippen molar-refractivity contribution in [2.75, 3.05) is 31.5 Å². The van der Waals surface area contributed by atoms with Crippen LogP contribution in [0.5, 0.6) is 0 Å². The summed E-state index contributed by atoms with van der Waals surface area (Å²) in [6.07, 6.45) is 0.343. The predicted molar refractivity (Wildman–Crippen MR) is 152 cm³/mol. The first-order valence-corrected chi connectivity index (χ1v) is 13.9. The molecule has 11 heteroatoms. The Morgan fingerprint density at radius 2 is 1.72 bits per heavy atom. The molecule has 0 amide bonds. The van der Waals surface area contributed by atoms with E-state index in [2.05, 4.69) is 0 Å². The Morgan fingerprint density at radius 1 is 1.03 bits per heavy atom. The molecule has 4 aromatic rings. The molecule has 0 saturated carbocycles. The second-order valence-corrected chi connectivity index (χ2v) is 11.3. The molecule has 0 aliphatic carbocycles. The first-order valence-electron chi connectivity index (χ1n) is 12.4. The standard InChI is InChI=1S/C28H32N6O4S/c1-32(2)16-17-34(39(37,38)23-6-4-3-5-7-23)22-12-13-25-24(19-22)31-26(33(25)15-14-27(35)36)18-20-8-10-21(11-9-20)28(29)30/h3-13,19H,14-18H2,1-2H3,(H3,29,30)(H,35,36). The second-order valence-electron chi connectivity index (χ2n) is 9.48. The minimum Gasteiger partial charge on any atom is -0.481 e. The molecule has 0 fully saturated rings. The fourth-order valence-electron chi connectivity index (χ4n) is 4.30. The molecule has 0 aliphatic heterocycles. The van der Waals surface area contributed by atoms with Gasteiger partial charge in [-0.05, 0) is 50.0 Å². The van der Waals surface area contributed by atoms with Gasteiger partial charge in [-0.3, -0.25) is 14.5 Å². The molecule has 0 saturated heterocycles. The quantitative estimate of drug-likeness (QED) is 0.182. The number of amidine groups is 1. The molecule has 10 nitrogen and oxygen atoms in total. The summed E-state index contributed by atoms with van der Waals surface area (Å²) in [6.45, 7) is 0.974. The van der Waals surface area contributed by atoms with Crippen molar-refractivity contribution < 1.29 is 18.3 Å². The number of hydrogen-bond donors (Lipinski definition) is 3. The molecule has 3 aromatic carbocycles. The van der Waals surface area contributed by atoms with Crippen LogP contribution in [-0.4, -0.2) is 67.0 Å². The second kappa shape index (κ2) is 11.7. The fraction of sp³-hybridized carbons (Fsp3) is 0.250. The van der Waals surface area contributed by atoms with E-state index in [0.29, 0.717) is 35.6 Å². The zero-order valence-electron chi connectivity index (χ0n) is 21.9. The van der Waals surface area contributed by atoms with Crippen LogP contribution in [-0.2, 0) is 27.8 Å². The molecule has 1 heterocycles. The number of nitrogen functional groups attached to an aromatic ring is 1. The van der Waals surface area contributed by atoms with Crippen LogP contribution in [0.25, 0.3) is 11.0 Å². The van der Waals surface area contributed by atoms with E-state index in [9.17, 15) is 18.3 Å². The Bertz CT molecular complexity index is 1580. The minimum atomic E-state index is -3.84. The number of imidazole rings is 1. The number of aromatic nitrogens is 2. The highest BCUT2D eigenvalue weighted by molar-refractivity contribution is 7.92. The number of nitrogens with one attached hydrogen (secondary N) is 1. The molecular formula is C28H32N6O4S. The number of aliphatic carboxylic acids is 1. The average Bonchev–Trinajstić information content (AvgIpc) is 3.24. The van der Waals surface area contributed by atoms with Gasteiger partial charge in [-0.2, -0.15) is 0 Å². The van der Waals surface area contributed by atoms with Crippen molar-refractivity contribution in [2.45, 2.75) is 24.3 Å². The predicted octanol–water partition coefficient (Wildman–Crippen LogP) is 3.14. The molecule has 39 heavy (non-hydrogen) atoms. The Balaban J connectivity index is 1.77. The van der Waals surface area contributed by atoms with Crippen LogP contribution in [0, 0.1) is 5.41 Å². The van der Waals surface area contributed by atoms with Gasteiger partial charge in [0, 0.05) is 31.6 Å². The van der Waals surface area contributed by atoms with E-state index in [0.717, 1.165) is 11.1 Å². The van der Waals surface area contributed by atoms with Crippen LogP contribution >= 0.6 is 0 Å². The molecule has 4 rings (SSSR count). The number of carboxylic acid groups (broad SMARTS) is 1. The zero-order chi connectivity index (χ0) is 28.2. The average molecular weight is 549 g/mol. The highest BCUT2D eigenvalue weighted by Crippen LogP contribution is 2.28. The normalized spacial score (nSPS) is 11.7. The van der Waals surface area contributed by atoms with Gasteiger partial charge in [-0.15, -0.1) is 0 Å². The molecule has 204 valence electrons. The van der Waals surface area contributed by atoms with Crippen molar-refractivity contribution in [1.82, 2.24) is 14.5 Å². The number of carboxylic acids is 1. The van der Waals surface area contributed by atoms with Gasteiger partial charge in [0.15, 0.2) is 0 Å². The van der Waals surface area contributed by atoms with Crippen molar-refractivity contribution >= 4 is 38.5 Å². The molecule has 0 atom stereocenters. The number of carbonyl (C=O) groups is 1. The van der Waals surface area contributed by atoms with E-state index >= 15 is 0 Å². The Morgan fingerprint density at radius 3 is 2.33 bits per heavy atom. The highest BCUT2D eigenvalue weighted by Gasteiger charge is 2.26. The number of anilines is 1. The molecule has 0 radical (unpaired) electrons. The van der Waals surface area contributed by atoms with E-state index in [1.54, 1.807) is 60.7 Å². The fourth-order valence-corrected chi connectivity index (χ4v) is 5.77. The van der Waals surface area contributed by atoms with Gasteiger partial charge in [0.1, 0.15) is 11.7 Å². The number of likely N-dealkylation sites (N-methyl/N-ethyl adjacent to an activating group) is 1. The lowest BCUT2D eigenvalue weighted by molar-refractivity contribution is -0.137. The van der Waals surface area contributed by atoms with Gasteiger partial charge in [0.05, 0.1) is 28.0 Å². The van der Waals surface area contributed by atoms with Crippen LogP contribution in [0.15, 0.2) is 77.7 Å². The van der Waals surface area contributed by atoms with Crippen LogP contribution in [0.3, 0.4) is 0 Å². The summed E-state index contributed by atoms with van der Waals surface area (Å²) in [4.78, 5) is 18.3. The number of sulfonamides is 1. The molecule has 1 aromatic heterocycles. The maximum atomic E-state index is 13.6. The number of hydrogen-bond acceptors (Lipinski definition) is 6. The lowest BCUT2D eigenvalue weighted by atomic mass is 10.1. The van der Waals surface area contributed by atoms with Crippen molar-refractivity contribution in [2.24, 2.45) is 5.73 Å². The van der Waals surface area contributed by atoms with Gasteiger partial charge < -0.3 is 20.3 Å². The van der Waals surface area contributed by atoms with Crippen molar-refractivity contribution in [1.29, 1.82) is 5.41 Å². The first-order chi connectivity index (χ1) is 18.6. The number of nitrogens with two attached hydrogens (primary N) is 1. The van der Waals surface area contributed by atoms with Gasteiger partial charge in [-0.1, -0.05) is 42.5 Å². The summed E-state index contributed by atoms with van der Waals surface area (Å²) in [5.74, 6) is -0.286. The highest BCUT2D eigenvalue weighted by atomic mass is 32.2. The van der Waals surface area contributed by atoms with Crippen molar-refractivity contribution in [3.8, 4) is 0 Å². The van der Waals surface area contributed by atoms with Crippen LogP contribution in [0.2, 0.25) is 0 Å². The number of aryl methyl sites for hydroxylation is 1. The van der Waals surface area contributed by atoms with Gasteiger partial charge in [0.2, 0.25) is 0 Å². The topological polar surface area (TPSA) is 146 Å². The van der Waals surface area contributed by atoms with Crippen LogP contribution in [0.4, 0.5) is 5.69 Å². The summed E-state index contributed by atoms with van der Waals surface area (Å²) in [7, 11) is -0.0665. The summed E-state index contributed by atoms with van der Waals surface area (Å²) >= 11 is 0. The number of fused-ring (bicyclic) bond motifs is 1. The largest absolute Gasteiger partial charge is 0.481 e. The maximum absolute atomic E-state index is 13.6. The van der Waals surface area contributed by atoms with Gasteiger partial charge >= 0.3 is 5.97 Å². The Hall–Kier alpha value is -4.22. The first kappa shape index (κ1) is 27.8. The molecular weight excluding hydrogens is 516 g/mol. The lowest BCUT2D eigenvalue weighted by Crippen LogP contribution is -2.36. The monoisotopic (exact) mass is 548 g/mol. The number of benzene rings is 3. The molecule has 0 aliphatic rings. The van der Waals surface area contributed by atoms with Crippen LogP contribution in [0.1, 0.15) is 23.4 Å². The molecule has 0 bridgehead atoms. The van der Waals surface area contributed by atoms with E-state index in [1.165, 1.54) is 4.31 Å². The SMILES string of the molecule is CN(C)CCN(c1ccc2c(c1)nc(Cc1ccc(C(=N)N)cc1)n2CCC(=O)O)S(=O)(=O)c1ccccc1. The van der Waals surface area contributed by atoms with E-state index in [1.807, 2.05) is 35.7 Å². The number of nitrogens with zero attached hydrogens (tertiary/aromatic N) is 4. The van der Waals surface area contributed by atoms with E-state index in [4.69, 9.17) is 16.1 Å². The lowest BCUT2D eigenvalue weighted by Gasteiger charge is -2.26. The minimum absolute atomic E-state index is 0.0212. The van der Waals surface area contributed by atoms with E-state index < -0.39 is 16.0 Å². The molecule has 0 spiro atoms. The van der Waals surface area contributed by atoms with Crippen LogP contribution < -0.4 is 10.0 Å². The summed E-state index contributed by atoms with van der Waals surface area (Å²) < 4.78 is 30.5. The van der Waals surface area contributed by atoms with Gasteiger partial charge in [-0.25, -0.2) is 13.4 Å². The summed E-state index contributed by atoms with van der Waals surface area (Å²) in [5, 5.41) is 16.9. The third kappa shape index (κ3) is 6.44. The molecule has 4 N–H and O–H groups in total. The van der Waals surface area contributed by atoms with E-state index in [-0.39, 0.29) is 30.2 Å². The van der Waals surface area contributed by atoms with Crippen molar-refractivity contribution in [3.63, 3.8) is 0 Å². The third-order valence-corrected chi connectivity index (χ3v) is 8.20. The summed E-state index contributed by atoms with van der Waals surface area (Å²) in [6, 6.07) is 20.8. The smallest absolute Gasteiger partial charge is 0.305 e. The van der Waals surface area contributed by atoms with Gasteiger partial charge in [0.25, 0.3) is 10.0 Å². The Kier molecular flexibility index (Phi) is 8.32. The Labute approximate surface area is 227 Å². The maximum Gasteiger partial charge on any atom is 0.305 e. The number of rotatable bonds is 12. The molecule has 0 unspecified atom stereocenters. The zero-order valence-corrected chi connectivity index (χ0v) is 22.7. The van der Waals surface area contributed by atoms with Crippen molar-refractivity contribution in [3.05, 3.63) is 89.7 Å².